The van der Waals surface area contributed by atoms with E-state index in [9.17, 15) is 4.79 Å². The number of esters is 1. The fourth-order valence-electron chi connectivity index (χ4n) is 1.19. The third kappa shape index (κ3) is 2.10. The monoisotopic (exact) mass is 196 g/mol. The number of nitrogens with zero attached hydrogens (tertiary/aromatic N) is 2. The molecule has 1 aliphatic carbocycles. The van der Waals surface area contributed by atoms with Crippen LogP contribution in [0, 0.1) is 5.92 Å². The second kappa shape index (κ2) is 3.77. The van der Waals surface area contributed by atoms with E-state index in [2.05, 4.69) is 10.1 Å². The molecule has 1 fully saturated rings. The lowest BCUT2D eigenvalue weighted by molar-refractivity contribution is 0.0470. The molecule has 1 aromatic heterocycles. The standard InChI is InChI=1S/C9H12N2O3/c1-2-13-9(12)8-10-7(11-14-8)5-6-3-4-6/h6H,2-5H2,1H3. The molecule has 0 amide bonds. The number of rotatable bonds is 4. The third-order valence-corrected chi connectivity index (χ3v) is 2.09. The zero-order chi connectivity index (χ0) is 9.97. The summed E-state index contributed by atoms with van der Waals surface area (Å²) in [6, 6.07) is 0. The van der Waals surface area contributed by atoms with Crippen LogP contribution in [-0.4, -0.2) is 22.7 Å². The Balaban J connectivity index is 1.97. The van der Waals surface area contributed by atoms with E-state index >= 15 is 0 Å². The average molecular weight is 196 g/mol. The summed E-state index contributed by atoms with van der Waals surface area (Å²) in [5.41, 5.74) is 0. The van der Waals surface area contributed by atoms with Crippen LogP contribution in [0.15, 0.2) is 4.52 Å². The maximum atomic E-state index is 11.1. The number of hydrogen-bond donors (Lipinski definition) is 0. The molecule has 1 aromatic rings. The molecule has 0 aromatic carbocycles. The first kappa shape index (κ1) is 9.18. The van der Waals surface area contributed by atoms with Crippen molar-refractivity contribution in [1.29, 1.82) is 0 Å². The highest BCUT2D eigenvalue weighted by Gasteiger charge is 2.25. The molecule has 1 heterocycles. The smallest absolute Gasteiger partial charge is 0.397 e. The molecular weight excluding hydrogens is 184 g/mol. The Morgan fingerprint density at radius 2 is 2.43 bits per heavy atom. The molecule has 0 spiro atoms. The van der Waals surface area contributed by atoms with Crippen molar-refractivity contribution < 1.29 is 14.1 Å². The van der Waals surface area contributed by atoms with Gasteiger partial charge in [-0.05, 0) is 25.7 Å². The number of ether oxygens (including phenoxy) is 1. The van der Waals surface area contributed by atoms with E-state index in [1.54, 1.807) is 6.92 Å². The Labute approximate surface area is 81.4 Å². The van der Waals surface area contributed by atoms with Gasteiger partial charge >= 0.3 is 11.9 Å². The summed E-state index contributed by atoms with van der Waals surface area (Å²) in [6.45, 7) is 2.05. The van der Waals surface area contributed by atoms with E-state index in [4.69, 9.17) is 9.26 Å². The molecular formula is C9H12N2O3. The minimum Gasteiger partial charge on any atom is -0.459 e. The van der Waals surface area contributed by atoms with Crippen molar-refractivity contribution in [2.45, 2.75) is 26.2 Å². The van der Waals surface area contributed by atoms with Crippen LogP contribution in [0.3, 0.4) is 0 Å². The Bertz CT molecular complexity index is 331. The van der Waals surface area contributed by atoms with Crippen molar-refractivity contribution in [2.75, 3.05) is 6.61 Å². The minimum atomic E-state index is -0.540. The van der Waals surface area contributed by atoms with Crippen LogP contribution in [-0.2, 0) is 11.2 Å². The highest BCUT2D eigenvalue weighted by atomic mass is 16.6. The van der Waals surface area contributed by atoms with Crippen molar-refractivity contribution in [3.8, 4) is 0 Å². The van der Waals surface area contributed by atoms with Gasteiger partial charge in [0.15, 0.2) is 5.82 Å². The lowest BCUT2D eigenvalue weighted by Crippen LogP contribution is -2.05. The fourth-order valence-corrected chi connectivity index (χ4v) is 1.19. The molecule has 76 valence electrons. The second-order valence-electron chi connectivity index (χ2n) is 3.38. The predicted octanol–water partition coefficient (Wildman–Crippen LogP) is 1.20. The van der Waals surface area contributed by atoms with E-state index in [1.807, 2.05) is 0 Å². The summed E-state index contributed by atoms with van der Waals surface area (Å²) in [7, 11) is 0. The van der Waals surface area contributed by atoms with Crippen LogP contribution in [0.2, 0.25) is 0 Å². The van der Waals surface area contributed by atoms with E-state index in [1.165, 1.54) is 12.8 Å². The van der Waals surface area contributed by atoms with Gasteiger partial charge in [-0.3, -0.25) is 0 Å². The van der Waals surface area contributed by atoms with E-state index < -0.39 is 5.97 Å². The van der Waals surface area contributed by atoms with Gasteiger partial charge in [-0.2, -0.15) is 4.98 Å². The van der Waals surface area contributed by atoms with Crippen LogP contribution in [0.1, 0.15) is 36.3 Å². The van der Waals surface area contributed by atoms with Gasteiger partial charge in [0.05, 0.1) is 6.61 Å². The SMILES string of the molecule is CCOC(=O)c1nc(CC2CC2)no1. The van der Waals surface area contributed by atoms with Crippen molar-refractivity contribution in [3.63, 3.8) is 0 Å². The summed E-state index contributed by atoms with van der Waals surface area (Å²) >= 11 is 0. The molecule has 2 rings (SSSR count). The van der Waals surface area contributed by atoms with Gasteiger partial charge in [0, 0.05) is 6.42 Å². The quantitative estimate of drug-likeness (QED) is 0.677. The molecule has 0 unspecified atom stereocenters. The Kier molecular flexibility index (Phi) is 2.47. The van der Waals surface area contributed by atoms with Gasteiger partial charge in [0.25, 0.3) is 0 Å². The Morgan fingerprint density at radius 1 is 1.64 bits per heavy atom. The number of aromatic nitrogens is 2. The molecule has 14 heavy (non-hydrogen) atoms. The highest BCUT2D eigenvalue weighted by Crippen LogP contribution is 2.31. The van der Waals surface area contributed by atoms with Crippen molar-refractivity contribution in [1.82, 2.24) is 10.1 Å². The maximum Gasteiger partial charge on any atom is 0.397 e. The zero-order valence-corrected chi connectivity index (χ0v) is 8.02. The first-order valence-electron chi connectivity index (χ1n) is 4.79. The molecule has 1 saturated carbocycles. The van der Waals surface area contributed by atoms with Gasteiger partial charge in [-0.15, -0.1) is 0 Å². The summed E-state index contributed by atoms with van der Waals surface area (Å²) in [5, 5.41) is 3.71. The molecule has 0 radical (unpaired) electrons. The topological polar surface area (TPSA) is 65.2 Å². The van der Waals surface area contributed by atoms with Crippen molar-refractivity contribution in [2.24, 2.45) is 5.92 Å². The summed E-state index contributed by atoms with van der Waals surface area (Å²) in [4.78, 5) is 15.1. The van der Waals surface area contributed by atoms with Crippen LogP contribution >= 0.6 is 0 Å². The molecule has 5 heteroatoms. The molecule has 0 bridgehead atoms. The summed E-state index contributed by atoms with van der Waals surface area (Å²) in [6.07, 6.45) is 3.26. The average Bonchev–Trinajstić information content (AvgIpc) is 2.82. The van der Waals surface area contributed by atoms with Crippen LogP contribution < -0.4 is 0 Å². The minimum absolute atomic E-state index is 0.0394. The molecule has 0 atom stereocenters. The zero-order valence-electron chi connectivity index (χ0n) is 8.02. The maximum absolute atomic E-state index is 11.1. The Hall–Kier alpha value is -1.39. The number of carbonyl (C=O) groups excluding carboxylic acids is 1. The van der Waals surface area contributed by atoms with Gasteiger partial charge in [0.1, 0.15) is 0 Å². The van der Waals surface area contributed by atoms with Gasteiger partial charge in [-0.25, -0.2) is 4.79 Å². The van der Waals surface area contributed by atoms with E-state index in [0.29, 0.717) is 18.3 Å². The first-order valence-corrected chi connectivity index (χ1v) is 4.79. The summed E-state index contributed by atoms with van der Waals surface area (Å²) < 4.78 is 9.50. The van der Waals surface area contributed by atoms with Crippen molar-refractivity contribution >= 4 is 5.97 Å². The fraction of sp³-hybridized carbons (Fsp3) is 0.667. The lowest BCUT2D eigenvalue weighted by atomic mass is 10.3. The Morgan fingerprint density at radius 3 is 3.07 bits per heavy atom. The van der Waals surface area contributed by atoms with E-state index in [-0.39, 0.29) is 5.89 Å². The van der Waals surface area contributed by atoms with Crippen LogP contribution in [0.25, 0.3) is 0 Å². The largest absolute Gasteiger partial charge is 0.459 e. The first-order chi connectivity index (χ1) is 6.79. The highest BCUT2D eigenvalue weighted by molar-refractivity contribution is 5.83. The molecule has 0 N–H and O–H groups in total. The molecule has 0 aliphatic heterocycles. The lowest BCUT2D eigenvalue weighted by Gasteiger charge is -1.93. The van der Waals surface area contributed by atoms with Crippen molar-refractivity contribution in [3.05, 3.63) is 11.7 Å². The molecule has 5 nitrogen and oxygen atoms in total. The third-order valence-electron chi connectivity index (χ3n) is 2.09. The van der Waals surface area contributed by atoms with E-state index in [0.717, 1.165) is 6.42 Å². The summed E-state index contributed by atoms with van der Waals surface area (Å²) in [5.74, 6) is 0.711. The normalized spacial score (nSPS) is 15.5. The predicted molar refractivity (Wildman–Crippen MR) is 46.7 cm³/mol. The number of carbonyl (C=O) groups is 1. The van der Waals surface area contributed by atoms with Gasteiger partial charge < -0.3 is 9.26 Å². The van der Waals surface area contributed by atoms with Crippen LogP contribution in [0.4, 0.5) is 0 Å². The van der Waals surface area contributed by atoms with Gasteiger partial charge in [-0.1, -0.05) is 5.16 Å². The molecule has 0 saturated heterocycles. The van der Waals surface area contributed by atoms with Gasteiger partial charge in [0.2, 0.25) is 0 Å². The van der Waals surface area contributed by atoms with Crippen LogP contribution in [0.5, 0.6) is 0 Å². The number of hydrogen-bond acceptors (Lipinski definition) is 5. The second-order valence-corrected chi connectivity index (χ2v) is 3.38. The molecule has 1 aliphatic rings.